The molecule has 1 heterocycles. The molecule has 0 saturated carbocycles. The molecule has 0 aliphatic heterocycles. The minimum atomic E-state index is -4.49. The Morgan fingerprint density at radius 3 is 2.18 bits per heavy atom. The molecule has 0 amide bonds. The molecule has 1 aromatic carbocycles. The summed E-state index contributed by atoms with van der Waals surface area (Å²) < 4.78 is 38.2. The van der Waals surface area contributed by atoms with Gasteiger partial charge in [-0.15, -0.1) is 0 Å². The predicted octanol–water partition coefficient (Wildman–Crippen LogP) is 3.06. The highest BCUT2D eigenvalue weighted by molar-refractivity contribution is 5.63. The largest absolute Gasteiger partial charge is 0.418 e. The summed E-state index contributed by atoms with van der Waals surface area (Å²) in [4.78, 5) is 13.3. The number of hydrogen-bond donors (Lipinski definition) is 1. The summed E-state index contributed by atoms with van der Waals surface area (Å²) in [6, 6.07) is 9.61. The standard InChI is InChI=1S/C12H8F3NO/c13-12(14,15)9-6-7-10(17)16-11(9)8-4-2-1-3-5-8/h1-7H,(H,16,17). The van der Waals surface area contributed by atoms with Crippen LogP contribution in [-0.4, -0.2) is 4.98 Å². The van der Waals surface area contributed by atoms with Gasteiger partial charge in [-0.05, 0) is 11.6 Å². The maximum atomic E-state index is 12.7. The van der Waals surface area contributed by atoms with Crippen LogP contribution in [0.2, 0.25) is 0 Å². The van der Waals surface area contributed by atoms with Crippen LogP contribution in [-0.2, 0) is 6.18 Å². The Morgan fingerprint density at radius 2 is 1.59 bits per heavy atom. The zero-order chi connectivity index (χ0) is 12.5. The molecule has 0 fully saturated rings. The van der Waals surface area contributed by atoms with Crippen molar-refractivity contribution in [1.82, 2.24) is 4.98 Å². The highest BCUT2D eigenvalue weighted by Gasteiger charge is 2.34. The van der Waals surface area contributed by atoms with E-state index in [1.165, 1.54) is 12.1 Å². The molecule has 0 atom stereocenters. The molecule has 17 heavy (non-hydrogen) atoms. The molecule has 1 aromatic heterocycles. The van der Waals surface area contributed by atoms with Gasteiger partial charge < -0.3 is 4.98 Å². The van der Waals surface area contributed by atoms with Gasteiger partial charge in [0.25, 0.3) is 0 Å². The zero-order valence-electron chi connectivity index (χ0n) is 8.58. The van der Waals surface area contributed by atoms with Crippen LogP contribution < -0.4 is 5.56 Å². The first-order valence-corrected chi connectivity index (χ1v) is 4.84. The van der Waals surface area contributed by atoms with E-state index in [0.29, 0.717) is 5.56 Å². The van der Waals surface area contributed by atoms with Crippen molar-refractivity contribution in [2.24, 2.45) is 0 Å². The summed E-state index contributed by atoms with van der Waals surface area (Å²) in [5, 5.41) is 0. The number of benzene rings is 1. The summed E-state index contributed by atoms with van der Waals surface area (Å²) in [7, 11) is 0. The smallest absolute Gasteiger partial charge is 0.321 e. The third-order valence-corrected chi connectivity index (χ3v) is 2.29. The van der Waals surface area contributed by atoms with Crippen LogP contribution in [0.3, 0.4) is 0 Å². The molecule has 0 unspecified atom stereocenters. The molecule has 0 bridgehead atoms. The van der Waals surface area contributed by atoms with Crippen molar-refractivity contribution in [3.05, 3.63) is 58.4 Å². The van der Waals surface area contributed by atoms with E-state index in [-0.39, 0.29) is 5.69 Å². The van der Waals surface area contributed by atoms with Gasteiger partial charge in [-0.25, -0.2) is 0 Å². The van der Waals surface area contributed by atoms with Crippen LogP contribution in [0.15, 0.2) is 47.3 Å². The Hall–Kier alpha value is -2.04. The van der Waals surface area contributed by atoms with Gasteiger partial charge in [0.2, 0.25) is 5.56 Å². The van der Waals surface area contributed by atoms with E-state index in [1.807, 2.05) is 0 Å². The molecule has 5 heteroatoms. The van der Waals surface area contributed by atoms with E-state index in [1.54, 1.807) is 18.2 Å². The molecule has 2 rings (SSSR count). The molecule has 2 nitrogen and oxygen atoms in total. The maximum Gasteiger partial charge on any atom is 0.418 e. The van der Waals surface area contributed by atoms with E-state index < -0.39 is 17.3 Å². The Labute approximate surface area is 94.7 Å². The highest BCUT2D eigenvalue weighted by Crippen LogP contribution is 2.34. The van der Waals surface area contributed by atoms with Gasteiger partial charge in [-0.3, -0.25) is 4.79 Å². The maximum absolute atomic E-state index is 12.7. The van der Waals surface area contributed by atoms with Gasteiger partial charge in [0.05, 0.1) is 11.3 Å². The van der Waals surface area contributed by atoms with E-state index in [0.717, 1.165) is 12.1 Å². The first-order valence-electron chi connectivity index (χ1n) is 4.84. The Kier molecular flexibility index (Phi) is 2.75. The van der Waals surface area contributed by atoms with Crippen molar-refractivity contribution in [2.45, 2.75) is 6.18 Å². The number of aromatic nitrogens is 1. The van der Waals surface area contributed by atoms with E-state index in [2.05, 4.69) is 4.98 Å². The first-order chi connectivity index (χ1) is 7.98. The molecule has 0 aliphatic carbocycles. The molecular weight excluding hydrogens is 231 g/mol. The summed E-state index contributed by atoms with van der Waals surface area (Å²) in [6.45, 7) is 0. The minimum Gasteiger partial charge on any atom is -0.321 e. The molecule has 0 radical (unpaired) electrons. The van der Waals surface area contributed by atoms with E-state index in [4.69, 9.17) is 0 Å². The van der Waals surface area contributed by atoms with E-state index >= 15 is 0 Å². The number of hydrogen-bond acceptors (Lipinski definition) is 1. The predicted molar refractivity (Wildman–Crippen MR) is 57.5 cm³/mol. The molecule has 0 saturated heterocycles. The zero-order valence-corrected chi connectivity index (χ0v) is 8.58. The van der Waals surface area contributed by atoms with Crippen LogP contribution in [0.5, 0.6) is 0 Å². The van der Waals surface area contributed by atoms with E-state index in [9.17, 15) is 18.0 Å². The molecule has 0 aliphatic rings. The van der Waals surface area contributed by atoms with Crippen LogP contribution in [0.4, 0.5) is 13.2 Å². The second-order valence-electron chi connectivity index (χ2n) is 3.48. The highest BCUT2D eigenvalue weighted by atomic mass is 19.4. The number of rotatable bonds is 1. The Bertz CT molecular complexity index is 572. The summed E-state index contributed by atoms with van der Waals surface area (Å²) in [5.74, 6) is 0. The van der Waals surface area contributed by atoms with Crippen molar-refractivity contribution in [2.75, 3.05) is 0 Å². The number of H-pyrrole nitrogens is 1. The molecule has 88 valence electrons. The van der Waals surface area contributed by atoms with Gasteiger partial charge in [-0.1, -0.05) is 30.3 Å². The number of alkyl halides is 3. The fourth-order valence-electron chi connectivity index (χ4n) is 1.54. The third kappa shape index (κ3) is 2.38. The van der Waals surface area contributed by atoms with Crippen molar-refractivity contribution < 1.29 is 13.2 Å². The second kappa shape index (κ2) is 4.08. The average molecular weight is 239 g/mol. The topological polar surface area (TPSA) is 32.9 Å². The van der Waals surface area contributed by atoms with Gasteiger partial charge in [0, 0.05) is 6.07 Å². The van der Waals surface area contributed by atoms with Crippen molar-refractivity contribution in [3.63, 3.8) is 0 Å². The van der Waals surface area contributed by atoms with Crippen molar-refractivity contribution in [3.8, 4) is 11.3 Å². The van der Waals surface area contributed by atoms with Gasteiger partial charge >= 0.3 is 6.18 Å². The fourth-order valence-corrected chi connectivity index (χ4v) is 1.54. The fraction of sp³-hybridized carbons (Fsp3) is 0.0833. The number of pyridine rings is 1. The Balaban J connectivity index is 2.68. The summed E-state index contributed by atoms with van der Waals surface area (Å²) >= 11 is 0. The lowest BCUT2D eigenvalue weighted by atomic mass is 10.1. The third-order valence-electron chi connectivity index (χ3n) is 2.29. The average Bonchev–Trinajstić information content (AvgIpc) is 2.28. The molecule has 2 aromatic rings. The first kappa shape index (κ1) is 11.4. The monoisotopic (exact) mass is 239 g/mol. The van der Waals surface area contributed by atoms with Gasteiger partial charge in [-0.2, -0.15) is 13.2 Å². The number of halogens is 3. The lowest BCUT2D eigenvalue weighted by Crippen LogP contribution is -2.14. The SMILES string of the molecule is O=c1ccc(C(F)(F)F)c(-c2ccccc2)[nH]1. The normalized spacial score (nSPS) is 11.5. The van der Waals surface area contributed by atoms with Gasteiger partial charge in [0.1, 0.15) is 0 Å². The summed E-state index contributed by atoms with van der Waals surface area (Å²) in [5.41, 5.74) is -1.27. The van der Waals surface area contributed by atoms with Crippen LogP contribution in [0.1, 0.15) is 5.56 Å². The molecular formula is C12H8F3NO. The van der Waals surface area contributed by atoms with Crippen molar-refractivity contribution in [1.29, 1.82) is 0 Å². The number of aromatic amines is 1. The van der Waals surface area contributed by atoms with Crippen LogP contribution >= 0.6 is 0 Å². The lowest BCUT2D eigenvalue weighted by Gasteiger charge is -2.11. The molecule has 0 spiro atoms. The summed E-state index contributed by atoms with van der Waals surface area (Å²) in [6.07, 6.45) is -4.49. The minimum absolute atomic E-state index is 0.203. The molecule has 1 N–H and O–H groups in total. The second-order valence-corrected chi connectivity index (χ2v) is 3.48. The lowest BCUT2D eigenvalue weighted by molar-refractivity contribution is -0.137. The number of nitrogens with one attached hydrogen (secondary N) is 1. The van der Waals surface area contributed by atoms with Crippen LogP contribution in [0.25, 0.3) is 11.3 Å². The Morgan fingerprint density at radius 1 is 0.941 bits per heavy atom. The van der Waals surface area contributed by atoms with Crippen molar-refractivity contribution >= 4 is 0 Å². The van der Waals surface area contributed by atoms with Gasteiger partial charge in [0.15, 0.2) is 0 Å². The quantitative estimate of drug-likeness (QED) is 0.815. The van der Waals surface area contributed by atoms with Crippen LogP contribution in [0, 0.1) is 0 Å².